The fraction of sp³-hybridized carbons (Fsp3) is 0.235. The van der Waals surface area contributed by atoms with Gasteiger partial charge in [0.15, 0.2) is 0 Å². The predicted molar refractivity (Wildman–Crippen MR) is 84.7 cm³/mol. The van der Waals surface area contributed by atoms with Crippen LogP contribution in [0.3, 0.4) is 0 Å². The second kappa shape index (κ2) is 6.41. The van der Waals surface area contributed by atoms with E-state index in [4.69, 9.17) is 4.74 Å². The van der Waals surface area contributed by atoms with Gasteiger partial charge in [-0.15, -0.1) is 0 Å². The Morgan fingerprint density at radius 1 is 1.00 bits per heavy atom. The average molecular weight is 284 g/mol. The molecule has 2 aromatic carbocycles. The second-order valence-corrected chi connectivity index (χ2v) is 5.27. The maximum Gasteiger partial charge on any atom is 0.244 e. The van der Waals surface area contributed by atoms with E-state index in [2.05, 4.69) is 10.6 Å². The minimum absolute atomic E-state index is 0.0955. The molecule has 0 fully saturated rings. The van der Waals surface area contributed by atoms with Crippen LogP contribution < -0.4 is 15.4 Å². The molecule has 0 spiro atoms. The molecule has 1 amide bonds. The fourth-order valence-corrected chi connectivity index (χ4v) is 1.66. The molecule has 2 aromatic rings. The highest BCUT2D eigenvalue weighted by atomic mass is 16.5. The van der Waals surface area contributed by atoms with E-state index in [0.29, 0.717) is 11.4 Å². The lowest BCUT2D eigenvalue weighted by atomic mass is 10.1. The van der Waals surface area contributed by atoms with E-state index in [-0.39, 0.29) is 5.91 Å². The number of anilines is 1. The van der Waals surface area contributed by atoms with Crippen molar-refractivity contribution in [1.29, 1.82) is 0 Å². The minimum atomic E-state index is -0.629. The van der Waals surface area contributed by atoms with Crippen LogP contribution in [0, 0.1) is 0 Å². The summed E-state index contributed by atoms with van der Waals surface area (Å²) < 4.78 is 5.75. The van der Waals surface area contributed by atoms with Crippen molar-refractivity contribution in [3.8, 4) is 11.5 Å². The van der Waals surface area contributed by atoms with Gasteiger partial charge in [0.05, 0.1) is 5.54 Å². The summed E-state index contributed by atoms with van der Waals surface area (Å²) in [5, 5.41) is 5.85. The van der Waals surface area contributed by atoms with Crippen LogP contribution in [0.15, 0.2) is 54.6 Å². The first-order valence-electron chi connectivity index (χ1n) is 6.84. The molecular formula is C17H20N2O2. The van der Waals surface area contributed by atoms with Crippen LogP contribution in [-0.4, -0.2) is 18.5 Å². The van der Waals surface area contributed by atoms with E-state index in [0.717, 1.165) is 5.75 Å². The van der Waals surface area contributed by atoms with Crippen LogP contribution in [0.2, 0.25) is 0 Å². The third kappa shape index (κ3) is 4.07. The molecule has 0 aliphatic heterocycles. The molecule has 0 aliphatic carbocycles. The van der Waals surface area contributed by atoms with Crippen LogP contribution in [0.4, 0.5) is 5.69 Å². The van der Waals surface area contributed by atoms with Crippen molar-refractivity contribution in [2.45, 2.75) is 19.4 Å². The number of amides is 1. The summed E-state index contributed by atoms with van der Waals surface area (Å²) in [4.78, 5) is 12.1. The lowest BCUT2D eigenvalue weighted by Crippen LogP contribution is -2.47. The zero-order valence-electron chi connectivity index (χ0n) is 12.5. The maximum atomic E-state index is 12.1. The number of nitrogens with one attached hydrogen (secondary N) is 2. The Balaban J connectivity index is 2.10. The third-order valence-corrected chi connectivity index (χ3v) is 3.26. The van der Waals surface area contributed by atoms with Crippen LogP contribution in [0.1, 0.15) is 13.8 Å². The van der Waals surface area contributed by atoms with Crippen molar-refractivity contribution in [1.82, 2.24) is 5.32 Å². The van der Waals surface area contributed by atoms with E-state index < -0.39 is 5.54 Å². The van der Waals surface area contributed by atoms with Gasteiger partial charge in [-0.05, 0) is 45.2 Å². The lowest BCUT2D eigenvalue weighted by Gasteiger charge is -2.22. The van der Waals surface area contributed by atoms with E-state index in [1.807, 2.05) is 62.4 Å². The highest BCUT2D eigenvalue weighted by Crippen LogP contribution is 2.24. The van der Waals surface area contributed by atoms with Gasteiger partial charge < -0.3 is 15.4 Å². The van der Waals surface area contributed by atoms with E-state index in [1.54, 1.807) is 13.1 Å². The van der Waals surface area contributed by atoms with Gasteiger partial charge in [-0.25, -0.2) is 0 Å². The van der Waals surface area contributed by atoms with Gasteiger partial charge in [0.25, 0.3) is 0 Å². The van der Waals surface area contributed by atoms with Crippen LogP contribution in [0.25, 0.3) is 0 Å². The Morgan fingerprint density at radius 3 is 2.33 bits per heavy atom. The Labute approximate surface area is 125 Å². The number of benzene rings is 2. The zero-order valence-corrected chi connectivity index (χ0v) is 12.5. The summed E-state index contributed by atoms with van der Waals surface area (Å²) >= 11 is 0. The van der Waals surface area contributed by atoms with Gasteiger partial charge in [-0.2, -0.15) is 0 Å². The van der Waals surface area contributed by atoms with E-state index in [9.17, 15) is 4.79 Å². The molecule has 0 heterocycles. The summed E-state index contributed by atoms with van der Waals surface area (Å²) in [6, 6.07) is 16.9. The number of carbonyl (C=O) groups is 1. The number of rotatable bonds is 5. The number of hydrogen-bond donors (Lipinski definition) is 2. The van der Waals surface area contributed by atoms with Gasteiger partial charge in [0, 0.05) is 11.8 Å². The standard InChI is InChI=1S/C17H20N2O2/c1-17(2,18-3)16(20)19-13-8-7-11-15(12-13)21-14-9-5-4-6-10-14/h4-12,18H,1-3H3,(H,19,20). The first kappa shape index (κ1) is 15.1. The van der Waals surface area contributed by atoms with Gasteiger partial charge >= 0.3 is 0 Å². The summed E-state index contributed by atoms with van der Waals surface area (Å²) in [6.07, 6.45) is 0. The highest BCUT2D eigenvalue weighted by Gasteiger charge is 2.25. The number of likely N-dealkylation sites (N-methyl/N-ethyl adjacent to an activating group) is 1. The van der Waals surface area contributed by atoms with E-state index >= 15 is 0 Å². The number of carbonyl (C=O) groups excluding carboxylic acids is 1. The zero-order chi connectivity index (χ0) is 15.3. The molecule has 0 radical (unpaired) electrons. The van der Waals surface area contributed by atoms with Crippen molar-refractivity contribution in [3.63, 3.8) is 0 Å². The topological polar surface area (TPSA) is 50.4 Å². The Kier molecular flexibility index (Phi) is 4.60. The Bertz CT molecular complexity index is 609. The quantitative estimate of drug-likeness (QED) is 0.884. The second-order valence-electron chi connectivity index (χ2n) is 5.27. The van der Waals surface area contributed by atoms with E-state index in [1.165, 1.54) is 0 Å². The number of ether oxygens (including phenoxy) is 1. The van der Waals surface area contributed by atoms with Crippen molar-refractivity contribution in [2.75, 3.05) is 12.4 Å². The molecule has 4 heteroatoms. The Hall–Kier alpha value is -2.33. The number of hydrogen-bond acceptors (Lipinski definition) is 3. The first-order valence-corrected chi connectivity index (χ1v) is 6.84. The average Bonchev–Trinajstić information content (AvgIpc) is 2.48. The fourth-order valence-electron chi connectivity index (χ4n) is 1.66. The summed E-state index contributed by atoms with van der Waals surface area (Å²) in [5.74, 6) is 1.35. The molecule has 0 aliphatic rings. The Morgan fingerprint density at radius 2 is 1.67 bits per heavy atom. The number of para-hydroxylation sites is 1. The summed E-state index contributed by atoms with van der Waals surface area (Å²) in [5.41, 5.74) is 0.0767. The summed E-state index contributed by atoms with van der Waals surface area (Å²) in [7, 11) is 1.76. The smallest absolute Gasteiger partial charge is 0.244 e. The minimum Gasteiger partial charge on any atom is -0.457 e. The van der Waals surface area contributed by atoms with Crippen molar-refractivity contribution in [2.24, 2.45) is 0 Å². The monoisotopic (exact) mass is 284 g/mol. The molecule has 0 aromatic heterocycles. The molecule has 2 rings (SSSR count). The van der Waals surface area contributed by atoms with Gasteiger partial charge in [-0.1, -0.05) is 24.3 Å². The molecule has 2 N–H and O–H groups in total. The molecular weight excluding hydrogens is 264 g/mol. The van der Waals surface area contributed by atoms with Gasteiger partial charge in [0.1, 0.15) is 11.5 Å². The highest BCUT2D eigenvalue weighted by molar-refractivity contribution is 5.97. The first-order chi connectivity index (χ1) is 10.0. The molecule has 0 unspecified atom stereocenters. The van der Waals surface area contributed by atoms with Crippen molar-refractivity contribution in [3.05, 3.63) is 54.6 Å². The van der Waals surface area contributed by atoms with Crippen molar-refractivity contribution < 1.29 is 9.53 Å². The molecule has 0 atom stereocenters. The molecule has 0 bridgehead atoms. The van der Waals surface area contributed by atoms with Crippen LogP contribution >= 0.6 is 0 Å². The molecule has 110 valence electrons. The third-order valence-electron chi connectivity index (χ3n) is 3.26. The molecule has 0 saturated heterocycles. The molecule has 4 nitrogen and oxygen atoms in total. The SMILES string of the molecule is CNC(C)(C)C(=O)Nc1cccc(Oc2ccccc2)c1. The van der Waals surface area contributed by atoms with Crippen LogP contribution in [-0.2, 0) is 4.79 Å². The molecule has 0 saturated carbocycles. The summed E-state index contributed by atoms with van der Waals surface area (Å²) in [6.45, 7) is 3.65. The van der Waals surface area contributed by atoms with Crippen LogP contribution in [0.5, 0.6) is 11.5 Å². The lowest BCUT2D eigenvalue weighted by molar-refractivity contribution is -0.121. The van der Waals surface area contributed by atoms with Gasteiger partial charge in [-0.3, -0.25) is 4.79 Å². The van der Waals surface area contributed by atoms with Gasteiger partial charge in [0.2, 0.25) is 5.91 Å². The molecule has 21 heavy (non-hydrogen) atoms. The normalized spacial score (nSPS) is 11.0. The van der Waals surface area contributed by atoms with Crippen molar-refractivity contribution >= 4 is 11.6 Å². The largest absolute Gasteiger partial charge is 0.457 e. The maximum absolute atomic E-state index is 12.1. The predicted octanol–water partition coefficient (Wildman–Crippen LogP) is 3.42.